The van der Waals surface area contributed by atoms with E-state index in [1.165, 1.54) is 0 Å². The van der Waals surface area contributed by atoms with Crippen LogP contribution in [0.5, 0.6) is 0 Å². The van der Waals surface area contributed by atoms with Crippen LogP contribution < -0.4 is 53.0 Å². The third-order valence-corrected chi connectivity index (χ3v) is 3.38. The Bertz CT molecular complexity index is 304. The van der Waals surface area contributed by atoms with Crippen molar-refractivity contribution < 1.29 is 66.9 Å². The van der Waals surface area contributed by atoms with E-state index in [-0.39, 0.29) is 44.1 Å². The van der Waals surface area contributed by atoms with E-state index < -0.39 is 31.0 Å². The van der Waals surface area contributed by atoms with Gasteiger partial charge in [-0.2, -0.15) is 0 Å². The monoisotopic (exact) mass is 269 g/mol. The first-order chi connectivity index (χ1) is 6.78. The number of carboxylic acids is 2. The molecule has 0 heterocycles. The molecule has 0 aromatic carbocycles. The Kier molecular flexibility index (Phi) is 14.2. The zero-order valence-corrected chi connectivity index (χ0v) is 11.5. The van der Waals surface area contributed by atoms with Crippen LogP contribution in [0, 0.1) is 0 Å². The first-order valence-corrected chi connectivity index (χ1v) is 6.53. The van der Waals surface area contributed by atoms with Crippen LogP contribution in [0.1, 0.15) is 12.8 Å². The van der Waals surface area contributed by atoms with Crippen LogP contribution in [-0.2, 0) is 25.9 Å². The molecule has 7 nitrogen and oxygen atoms in total. The van der Waals surface area contributed by atoms with E-state index >= 15 is 0 Å². The van der Waals surface area contributed by atoms with Gasteiger partial charge in [-0.05, 0) is 24.6 Å². The fourth-order valence-corrected chi connectivity index (χ4v) is 1.86. The van der Waals surface area contributed by atoms with E-state index in [0.717, 1.165) is 7.11 Å². The van der Waals surface area contributed by atoms with E-state index in [1.54, 1.807) is 0 Å². The number of nitrogens with one attached hydrogen (secondary N) is 1. The van der Waals surface area contributed by atoms with Crippen molar-refractivity contribution in [1.29, 1.82) is 0 Å². The summed E-state index contributed by atoms with van der Waals surface area (Å²) in [5.74, 6) is -2.96. The van der Waals surface area contributed by atoms with Gasteiger partial charge in [0, 0.05) is 13.1 Å². The minimum absolute atomic E-state index is 0. The van der Waals surface area contributed by atoms with Gasteiger partial charge in [-0.25, -0.2) is 5.09 Å². The van der Waals surface area contributed by atoms with Crippen molar-refractivity contribution in [3.8, 4) is 0 Å². The maximum atomic E-state index is 10.5. The molecule has 11 heteroatoms. The molecule has 17 heavy (non-hydrogen) atoms. The van der Waals surface area contributed by atoms with Gasteiger partial charge in [0.05, 0.1) is 12.0 Å². The molecule has 0 saturated carbocycles. The van der Waals surface area contributed by atoms with Gasteiger partial charge < -0.3 is 29.2 Å². The topological polar surface area (TPSA) is 122 Å². The molecule has 0 saturated heterocycles. The molecule has 0 aromatic heterocycles. The van der Waals surface area contributed by atoms with Crippen LogP contribution in [0.15, 0.2) is 0 Å². The number of rotatable bonds is 7. The van der Waals surface area contributed by atoms with Crippen LogP contribution in [-0.4, -0.2) is 30.0 Å². The summed E-state index contributed by atoms with van der Waals surface area (Å²) < 4.78 is 4.44. The van der Waals surface area contributed by atoms with Gasteiger partial charge in [0.15, 0.2) is 0 Å². The van der Waals surface area contributed by atoms with E-state index in [1.807, 2.05) is 0 Å². The van der Waals surface area contributed by atoms with Crippen LogP contribution in [0.25, 0.3) is 0 Å². The van der Waals surface area contributed by atoms with Crippen LogP contribution in [0.2, 0.25) is 0 Å². The molecule has 2 N–H and O–H groups in total. The molecule has 0 aromatic rings. The van der Waals surface area contributed by atoms with Crippen molar-refractivity contribution in [3.05, 3.63) is 0 Å². The molecule has 1 unspecified atom stereocenters. The Balaban J connectivity index is -0.000000980. The SMILES string of the molecule is COP(O)(=S)N[C@@H](CCC(=O)[O-])C(=O)[O-].[Li+].[Li+]. The summed E-state index contributed by atoms with van der Waals surface area (Å²) in [5.41, 5.74) is 0. The minimum atomic E-state index is -3.39. The van der Waals surface area contributed by atoms with Crippen LogP contribution in [0.3, 0.4) is 0 Å². The predicted molar refractivity (Wildman–Crippen MR) is 49.7 cm³/mol. The number of carbonyl (C=O) groups excluding carboxylic acids is 2. The second-order valence-corrected chi connectivity index (χ2v) is 5.76. The molecule has 0 fully saturated rings. The molecule has 0 aliphatic carbocycles. The van der Waals surface area contributed by atoms with E-state index in [4.69, 9.17) is 0 Å². The van der Waals surface area contributed by atoms with Gasteiger partial charge in [0.1, 0.15) is 0 Å². The summed E-state index contributed by atoms with van der Waals surface area (Å²) in [4.78, 5) is 29.9. The molecule has 0 aliphatic heterocycles. The number of aliphatic carboxylic acids is 2. The second-order valence-electron chi connectivity index (χ2n) is 2.61. The van der Waals surface area contributed by atoms with Crippen molar-refractivity contribution in [3.63, 3.8) is 0 Å². The first-order valence-electron chi connectivity index (χ1n) is 3.85. The number of hydrogen-bond donors (Lipinski definition) is 2. The van der Waals surface area contributed by atoms with Crippen LogP contribution >= 0.6 is 6.64 Å². The van der Waals surface area contributed by atoms with Gasteiger partial charge in [-0.1, -0.05) is 0 Å². The largest absolute Gasteiger partial charge is 1.00 e. The number of carbonyl (C=O) groups is 2. The standard InChI is InChI=1S/C6H12NO6PS.2Li/c1-13-14(12,15)7-4(6(10)11)2-3-5(8)9;;/h4H,2-3H2,1H3,(H,8,9)(H,10,11)(H2,7,12,15);;/q;2*+1/p-2/t4-,14?;;/m0../s1. The summed E-state index contributed by atoms with van der Waals surface area (Å²) in [6, 6.07) is -1.38. The van der Waals surface area contributed by atoms with E-state index in [2.05, 4.69) is 21.4 Å². The van der Waals surface area contributed by atoms with E-state index in [9.17, 15) is 24.7 Å². The molecule has 0 spiro atoms. The average molecular weight is 269 g/mol. The smallest absolute Gasteiger partial charge is 0.550 e. The van der Waals surface area contributed by atoms with Crippen molar-refractivity contribution in [1.82, 2.24) is 5.09 Å². The molecule has 0 bridgehead atoms. The van der Waals surface area contributed by atoms with Gasteiger partial charge in [-0.15, -0.1) is 0 Å². The Labute approximate surface area is 128 Å². The molecule has 0 aliphatic rings. The molecule has 0 amide bonds. The summed E-state index contributed by atoms with van der Waals surface area (Å²) in [6.45, 7) is -3.39. The zero-order chi connectivity index (χ0) is 12.1. The zero-order valence-electron chi connectivity index (χ0n) is 9.84. The summed E-state index contributed by atoms with van der Waals surface area (Å²) in [7, 11) is 1.11. The molecule has 0 radical (unpaired) electrons. The fourth-order valence-electron chi connectivity index (χ4n) is 0.747. The van der Waals surface area contributed by atoms with Gasteiger partial charge in [0.2, 0.25) is 0 Å². The first kappa shape index (κ1) is 22.8. The summed E-state index contributed by atoms with van der Waals surface area (Å²) in [6.07, 6.45) is -0.780. The summed E-state index contributed by atoms with van der Waals surface area (Å²) >= 11 is 4.50. The second kappa shape index (κ2) is 10.6. The minimum Gasteiger partial charge on any atom is -0.550 e. The molecular weight excluding hydrogens is 259 g/mol. The average Bonchev–Trinajstić information content (AvgIpc) is 2.11. The number of carboxylic acid groups (broad SMARTS) is 2. The normalized spacial score (nSPS) is 14.7. The van der Waals surface area contributed by atoms with Gasteiger partial charge in [0.25, 0.3) is 6.64 Å². The Hall–Kier alpha value is 0.665. The maximum absolute atomic E-state index is 10.5. The van der Waals surface area contributed by atoms with Crippen molar-refractivity contribution in [2.75, 3.05) is 7.11 Å². The Morgan fingerprint density at radius 1 is 1.47 bits per heavy atom. The molecule has 88 valence electrons. The number of hydrogen-bond acceptors (Lipinski definition) is 6. The molecule has 0 rings (SSSR count). The van der Waals surface area contributed by atoms with Crippen molar-refractivity contribution in [2.24, 2.45) is 0 Å². The van der Waals surface area contributed by atoms with Crippen molar-refractivity contribution in [2.45, 2.75) is 18.9 Å². The van der Waals surface area contributed by atoms with Gasteiger partial charge >= 0.3 is 37.7 Å². The maximum Gasteiger partial charge on any atom is 1.00 e. The fraction of sp³-hybridized carbons (Fsp3) is 0.667. The quantitative estimate of drug-likeness (QED) is 0.345. The van der Waals surface area contributed by atoms with Gasteiger partial charge in [-0.3, -0.25) is 0 Å². The van der Waals surface area contributed by atoms with Crippen molar-refractivity contribution >= 4 is 30.4 Å². The Morgan fingerprint density at radius 2 is 1.94 bits per heavy atom. The van der Waals surface area contributed by atoms with Crippen LogP contribution in [0.4, 0.5) is 0 Å². The summed E-state index contributed by atoms with van der Waals surface area (Å²) in [5, 5.41) is 22.7. The Morgan fingerprint density at radius 3 is 2.24 bits per heavy atom. The predicted octanol–water partition coefficient (Wildman–Crippen LogP) is -8.90. The third kappa shape index (κ3) is 11.5. The molecular formula is C6H10Li2NO6PS. The molecule has 2 atom stereocenters. The third-order valence-electron chi connectivity index (χ3n) is 1.49. The van der Waals surface area contributed by atoms with E-state index in [0.29, 0.717) is 0 Å².